The highest BCUT2D eigenvalue weighted by molar-refractivity contribution is 7.19. The summed E-state index contributed by atoms with van der Waals surface area (Å²) in [4.78, 5) is 19.1. The summed E-state index contributed by atoms with van der Waals surface area (Å²) in [5.41, 5.74) is -1.55. The molecule has 0 aliphatic rings. The number of nitrogens with zero attached hydrogens (tertiary/aromatic N) is 2. The number of hydrogen-bond acceptors (Lipinski definition) is 5. The molecule has 0 spiro atoms. The quantitative estimate of drug-likeness (QED) is 0.866. The molecule has 0 aliphatic carbocycles. The van der Waals surface area contributed by atoms with E-state index in [0.717, 1.165) is 0 Å². The van der Waals surface area contributed by atoms with E-state index in [4.69, 9.17) is 4.74 Å². The molecule has 1 amide bonds. The lowest BCUT2D eigenvalue weighted by molar-refractivity contribution is -0.140. The van der Waals surface area contributed by atoms with Gasteiger partial charge in [-0.05, 0) is 32.9 Å². The lowest BCUT2D eigenvalue weighted by atomic mass is 10.2. The van der Waals surface area contributed by atoms with E-state index in [1.165, 1.54) is 12.4 Å². The van der Waals surface area contributed by atoms with Gasteiger partial charge in [-0.2, -0.15) is 13.2 Å². The highest BCUT2D eigenvalue weighted by atomic mass is 32.1. The molecule has 1 N–H and O–H groups in total. The van der Waals surface area contributed by atoms with Gasteiger partial charge >= 0.3 is 12.3 Å². The maximum Gasteiger partial charge on any atom is 0.436 e. The number of carbonyl (C=O) groups is 1. The van der Waals surface area contributed by atoms with E-state index >= 15 is 0 Å². The molecule has 9 heteroatoms. The minimum atomic E-state index is -4.69. The summed E-state index contributed by atoms with van der Waals surface area (Å²) in [6.07, 6.45) is -2.76. The summed E-state index contributed by atoms with van der Waals surface area (Å²) < 4.78 is 44.3. The number of hydrogen-bond donors (Lipinski definition) is 1. The number of halogens is 3. The summed E-state index contributed by atoms with van der Waals surface area (Å²) >= 11 is 0.711. The second-order valence-electron chi connectivity index (χ2n) is 5.56. The number of alkyl halides is 3. The Morgan fingerprint density at radius 3 is 2.52 bits per heavy atom. The number of ether oxygens (including phenoxy) is 1. The summed E-state index contributed by atoms with van der Waals surface area (Å²) in [5.74, 6) is 0. The Bertz CT molecular complexity index is 694. The van der Waals surface area contributed by atoms with Crippen molar-refractivity contribution in [1.82, 2.24) is 9.97 Å². The molecule has 0 fully saturated rings. The van der Waals surface area contributed by atoms with Crippen molar-refractivity contribution in [2.75, 3.05) is 5.32 Å². The number of pyridine rings is 1. The van der Waals surface area contributed by atoms with E-state index in [2.05, 4.69) is 15.3 Å². The topological polar surface area (TPSA) is 64.1 Å². The second-order valence-corrected chi connectivity index (χ2v) is 6.56. The normalized spacial score (nSPS) is 12.1. The van der Waals surface area contributed by atoms with Crippen molar-refractivity contribution in [3.63, 3.8) is 0 Å². The van der Waals surface area contributed by atoms with Crippen molar-refractivity contribution in [2.45, 2.75) is 32.5 Å². The molecule has 0 aliphatic heterocycles. The van der Waals surface area contributed by atoms with Crippen LogP contribution in [0.5, 0.6) is 0 Å². The van der Waals surface area contributed by atoms with Crippen LogP contribution in [0, 0.1) is 0 Å². The maximum atomic E-state index is 13.1. The number of anilines is 1. The third-order valence-electron chi connectivity index (χ3n) is 2.42. The molecule has 0 atom stereocenters. The molecular formula is C14H14F3N3O2S. The standard InChI is InChI=1S/C14H14F3N3O2S/c1-13(2,3)22-12(21)20-11-9(14(15,16)17)19-10(23-11)8-5-4-6-18-7-8/h4-7H,1-3H3,(H,20,21). The molecule has 5 nitrogen and oxygen atoms in total. The van der Waals surface area contributed by atoms with Crippen molar-refractivity contribution in [2.24, 2.45) is 0 Å². The van der Waals surface area contributed by atoms with Crippen LogP contribution in [0.15, 0.2) is 24.5 Å². The van der Waals surface area contributed by atoms with E-state index in [-0.39, 0.29) is 5.01 Å². The van der Waals surface area contributed by atoms with Crippen LogP contribution in [-0.4, -0.2) is 21.7 Å². The van der Waals surface area contributed by atoms with Crippen LogP contribution >= 0.6 is 11.3 Å². The summed E-state index contributed by atoms with van der Waals surface area (Å²) in [6.45, 7) is 4.85. The Labute approximate surface area is 134 Å². The molecule has 23 heavy (non-hydrogen) atoms. The van der Waals surface area contributed by atoms with E-state index in [0.29, 0.717) is 16.9 Å². The van der Waals surface area contributed by atoms with E-state index in [1.807, 2.05) is 0 Å². The molecular weight excluding hydrogens is 331 g/mol. The highest BCUT2D eigenvalue weighted by Gasteiger charge is 2.38. The summed E-state index contributed by atoms with van der Waals surface area (Å²) in [5, 5.41) is 1.81. The second kappa shape index (κ2) is 6.15. The number of thiazole rings is 1. The lowest BCUT2D eigenvalue weighted by Crippen LogP contribution is -2.27. The molecule has 2 aromatic heterocycles. The largest absolute Gasteiger partial charge is 0.444 e. The first-order valence-electron chi connectivity index (χ1n) is 6.55. The van der Waals surface area contributed by atoms with Gasteiger partial charge in [0.2, 0.25) is 0 Å². The van der Waals surface area contributed by atoms with Gasteiger partial charge in [-0.3, -0.25) is 10.3 Å². The van der Waals surface area contributed by atoms with Crippen molar-refractivity contribution in [1.29, 1.82) is 0 Å². The smallest absolute Gasteiger partial charge is 0.436 e. The molecule has 124 valence electrons. The van der Waals surface area contributed by atoms with Crippen LogP contribution in [0.1, 0.15) is 26.5 Å². The number of carbonyl (C=O) groups excluding carboxylic acids is 1. The van der Waals surface area contributed by atoms with Crippen molar-refractivity contribution in [3.05, 3.63) is 30.2 Å². The average Bonchev–Trinajstić information content (AvgIpc) is 2.81. The number of amides is 1. The van der Waals surface area contributed by atoms with Crippen LogP contribution in [0.25, 0.3) is 10.6 Å². The van der Waals surface area contributed by atoms with Gasteiger partial charge in [-0.1, -0.05) is 11.3 Å². The Morgan fingerprint density at radius 2 is 2.00 bits per heavy atom. The van der Waals surface area contributed by atoms with Gasteiger partial charge in [0.15, 0.2) is 5.69 Å². The predicted octanol–water partition coefficient (Wildman–Crippen LogP) is 4.57. The number of nitrogens with one attached hydrogen (secondary N) is 1. The van der Waals surface area contributed by atoms with Crippen LogP contribution in [-0.2, 0) is 10.9 Å². The molecule has 2 aromatic rings. The van der Waals surface area contributed by atoms with Gasteiger partial charge in [0.1, 0.15) is 15.6 Å². The summed E-state index contributed by atoms with van der Waals surface area (Å²) in [6, 6.07) is 3.17. The fraction of sp³-hybridized carbons (Fsp3) is 0.357. The maximum absolute atomic E-state index is 13.1. The zero-order valence-electron chi connectivity index (χ0n) is 12.6. The van der Waals surface area contributed by atoms with Crippen LogP contribution < -0.4 is 5.32 Å². The summed E-state index contributed by atoms with van der Waals surface area (Å²) in [7, 11) is 0. The lowest BCUT2D eigenvalue weighted by Gasteiger charge is -2.19. The zero-order valence-corrected chi connectivity index (χ0v) is 13.4. The van der Waals surface area contributed by atoms with Crippen molar-refractivity contribution in [3.8, 4) is 10.6 Å². The van der Waals surface area contributed by atoms with Gasteiger partial charge in [-0.15, -0.1) is 0 Å². The first kappa shape index (κ1) is 17.2. The molecule has 0 unspecified atom stereocenters. The third kappa shape index (κ3) is 4.65. The monoisotopic (exact) mass is 345 g/mol. The molecule has 0 radical (unpaired) electrons. The molecule has 2 heterocycles. The van der Waals surface area contributed by atoms with Crippen molar-refractivity contribution >= 4 is 22.4 Å². The molecule has 0 bridgehead atoms. The van der Waals surface area contributed by atoms with Crippen LogP contribution in [0.3, 0.4) is 0 Å². The molecule has 0 saturated heterocycles. The molecule has 0 aromatic carbocycles. The highest BCUT2D eigenvalue weighted by Crippen LogP contribution is 2.41. The Morgan fingerprint density at radius 1 is 1.30 bits per heavy atom. The number of rotatable bonds is 2. The fourth-order valence-electron chi connectivity index (χ4n) is 1.61. The third-order valence-corrected chi connectivity index (χ3v) is 3.44. The molecule has 2 rings (SSSR count). The van der Waals surface area contributed by atoms with Gasteiger partial charge in [0, 0.05) is 18.0 Å². The molecule has 0 saturated carbocycles. The first-order valence-corrected chi connectivity index (χ1v) is 7.36. The Hall–Kier alpha value is -2.16. The van der Waals surface area contributed by atoms with E-state index in [9.17, 15) is 18.0 Å². The van der Waals surface area contributed by atoms with Crippen LogP contribution in [0.4, 0.5) is 23.0 Å². The van der Waals surface area contributed by atoms with Gasteiger partial charge in [0.05, 0.1) is 0 Å². The van der Waals surface area contributed by atoms with E-state index in [1.54, 1.807) is 32.9 Å². The number of aromatic nitrogens is 2. The Balaban J connectivity index is 2.34. The minimum absolute atomic E-state index is 0.108. The van der Waals surface area contributed by atoms with Crippen LogP contribution in [0.2, 0.25) is 0 Å². The van der Waals surface area contributed by atoms with E-state index < -0.39 is 28.6 Å². The van der Waals surface area contributed by atoms with Gasteiger partial charge < -0.3 is 4.74 Å². The van der Waals surface area contributed by atoms with Gasteiger partial charge in [0.25, 0.3) is 0 Å². The minimum Gasteiger partial charge on any atom is -0.444 e. The predicted molar refractivity (Wildman–Crippen MR) is 80.2 cm³/mol. The van der Waals surface area contributed by atoms with Crippen molar-refractivity contribution < 1.29 is 22.7 Å². The first-order chi connectivity index (χ1) is 10.6. The Kier molecular flexibility index (Phi) is 4.60. The zero-order chi connectivity index (χ0) is 17.3. The fourth-order valence-corrected chi connectivity index (χ4v) is 2.57. The van der Waals surface area contributed by atoms with Gasteiger partial charge in [-0.25, -0.2) is 9.78 Å². The average molecular weight is 345 g/mol. The SMILES string of the molecule is CC(C)(C)OC(=O)Nc1sc(-c2cccnc2)nc1C(F)(F)F.